The first-order valence-electron chi connectivity index (χ1n) is 10.9. The number of fused-ring (bicyclic) bond motifs is 1. The maximum atomic E-state index is 13.4. The molecule has 192 valence electrons. The number of ether oxygens (including phenoxy) is 2. The molecule has 0 spiro atoms. The second kappa shape index (κ2) is 12.9. The minimum Gasteiger partial charge on any atom is -0.492 e. The fraction of sp³-hybridized carbons (Fsp3) is 0.333. The normalized spacial score (nSPS) is 13.6. The van der Waals surface area contributed by atoms with Crippen LogP contribution in [0.1, 0.15) is 47.9 Å². The molecule has 1 N–H and O–H groups in total. The zero-order valence-corrected chi connectivity index (χ0v) is 28.1. The molecular weight excluding hydrogens is 920 g/mol. The Labute approximate surface area is 263 Å². The van der Waals surface area contributed by atoms with Gasteiger partial charge in [-0.25, -0.2) is 4.79 Å². The summed E-state index contributed by atoms with van der Waals surface area (Å²) in [6, 6.07) is 5.77. The number of carbonyl (C=O) groups is 4. The number of rotatable bonds is 9. The minimum atomic E-state index is -1.15. The minimum absolute atomic E-state index is 0.0165. The van der Waals surface area contributed by atoms with Crippen molar-refractivity contribution in [3.63, 3.8) is 0 Å². The molecule has 2 aromatic rings. The molecule has 1 aliphatic rings. The van der Waals surface area contributed by atoms with Gasteiger partial charge in [-0.3, -0.25) is 19.3 Å². The van der Waals surface area contributed by atoms with E-state index in [1.807, 2.05) is 20.8 Å². The van der Waals surface area contributed by atoms with Crippen molar-refractivity contribution in [3.8, 4) is 5.75 Å². The van der Waals surface area contributed by atoms with E-state index in [2.05, 4.69) is 95.7 Å². The van der Waals surface area contributed by atoms with E-state index in [1.54, 1.807) is 24.3 Å². The third kappa shape index (κ3) is 6.27. The van der Waals surface area contributed by atoms with E-state index >= 15 is 0 Å². The lowest BCUT2D eigenvalue weighted by Crippen LogP contribution is -2.47. The van der Waals surface area contributed by atoms with Gasteiger partial charge in [0.15, 0.2) is 6.61 Å². The molecule has 8 nitrogen and oxygen atoms in total. The maximum Gasteiger partial charge on any atom is 0.329 e. The highest BCUT2D eigenvalue weighted by atomic mass is 127. The first-order valence-corrected chi connectivity index (χ1v) is 15.2. The molecular formula is C24H22I4N2O6. The van der Waals surface area contributed by atoms with Gasteiger partial charge in [0, 0.05) is 14.3 Å². The highest BCUT2D eigenvalue weighted by Crippen LogP contribution is 2.39. The summed E-state index contributed by atoms with van der Waals surface area (Å²) in [4.78, 5) is 53.5. The molecule has 0 saturated heterocycles. The molecule has 1 atom stereocenters. The number of anilines is 1. The lowest BCUT2D eigenvalue weighted by atomic mass is 10.0. The predicted octanol–water partition coefficient (Wildman–Crippen LogP) is 5.70. The second-order valence-electron chi connectivity index (χ2n) is 8.22. The van der Waals surface area contributed by atoms with Crippen LogP contribution in [0.3, 0.4) is 0 Å². The molecule has 1 aliphatic heterocycles. The van der Waals surface area contributed by atoms with Crippen molar-refractivity contribution in [2.75, 3.05) is 18.5 Å². The van der Waals surface area contributed by atoms with Crippen molar-refractivity contribution < 1.29 is 28.7 Å². The fourth-order valence-corrected chi connectivity index (χ4v) is 7.32. The summed E-state index contributed by atoms with van der Waals surface area (Å²) in [5, 5.41) is 2.67. The SMILES string of the molecule is CCOc1ccccc1NC(=O)COC(=O)[C@H](CC(C)C)N1C(=O)c2c(I)c(I)c(I)c(I)c2C1=O. The summed E-state index contributed by atoms with van der Waals surface area (Å²) in [5.74, 6) is -1.93. The van der Waals surface area contributed by atoms with E-state index < -0.39 is 36.3 Å². The molecule has 0 saturated carbocycles. The van der Waals surface area contributed by atoms with Crippen LogP contribution in [-0.4, -0.2) is 47.8 Å². The van der Waals surface area contributed by atoms with Gasteiger partial charge in [0.1, 0.15) is 11.8 Å². The van der Waals surface area contributed by atoms with Crippen LogP contribution in [0.5, 0.6) is 5.75 Å². The Morgan fingerprint density at radius 3 is 2.03 bits per heavy atom. The average Bonchev–Trinajstić information content (AvgIpc) is 3.09. The van der Waals surface area contributed by atoms with Crippen molar-refractivity contribution in [3.05, 3.63) is 49.7 Å². The van der Waals surface area contributed by atoms with E-state index in [0.717, 1.165) is 12.0 Å². The third-order valence-electron chi connectivity index (χ3n) is 5.22. The summed E-state index contributed by atoms with van der Waals surface area (Å²) in [7, 11) is 0. The smallest absolute Gasteiger partial charge is 0.329 e. The van der Waals surface area contributed by atoms with Gasteiger partial charge in [-0.05, 0) is 122 Å². The molecule has 0 aromatic heterocycles. The molecule has 0 radical (unpaired) electrons. The van der Waals surface area contributed by atoms with Gasteiger partial charge in [0.2, 0.25) is 0 Å². The number of imide groups is 1. The van der Waals surface area contributed by atoms with Crippen LogP contribution in [-0.2, 0) is 14.3 Å². The molecule has 3 rings (SSSR count). The van der Waals surface area contributed by atoms with Gasteiger partial charge in [-0.2, -0.15) is 0 Å². The number of hydrogen-bond acceptors (Lipinski definition) is 6. The van der Waals surface area contributed by atoms with Crippen molar-refractivity contribution in [1.29, 1.82) is 0 Å². The van der Waals surface area contributed by atoms with Crippen molar-refractivity contribution in [2.45, 2.75) is 33.2 Å². The Kier molecular flexibility index (Phi) is 10.6. The highest BCUT2D eigenvalue weighted by Gasteiger charge is 2.47. The van der Waals surface area contributed by atoms with Crippen LogP contribution >= 0.6 is 90.4 Å². The number of para-hydroxylation sites is 2. The van der Waals surface area contributed by atoms with Crippen LogP contribution < -0.4 is 10.1 Å². The van der Waals surface area contributed by atoms with E-state index in [1.165, 1.54) is 0 Å². The van der Waals surface area contributed by atoms with Gasteiger partial charge >= 0.3 is 5.97 Å². The summed E-state index contributed by atoms with van der Waals surface area (Å²) in [6.07, 6.45) is 0.209. The Hall–Kier alpha value is -0.760. The summed E-state index contributed by atoms with van der Waals surface area (Å²) in [5.41, 5.74) is 1.07. The number of nitrogens with zero attached hydrogens (tertiary/aromatic N) is 1. The lowest BCUT2D eigenvalue weighted by Gasteiger charge is -2.26. The Morgan fingerprint density at radius 2 is 1.50 bits per heavy atom. The van der Waals surface area contributed by atoms with E-state index in [9.17, 15) is 19.2 Å². The van der Waals surface area contributed by atoms with Crippen LogP contribution in [0.25, 0.3) is 0 Å². The first-order chi connectivity index (χ1) is 17.0. The van der Waals surface area contributed by atoms with Crippen LogP contribution in [0.4, 0.5) is 5.69 Å². The average molecular weight is 942 g/mol. The van der Waals surface area contributed by atoms with Gasteiger partial charge in [-0.15, -0.1) is 0 Å². The summed E-state index contributed by atoms with van der Waals surface area (Å²) >= 11 is 8.43. The highest BCUT2D eigenvalue weighted by molar-refractivity contribution is 14.1. The Morgan fingerprint density at radius 1 is 0.944 bits per heavy atom. The fourth-order valence-electron chi connectivity index (χ4n) is 3.67. The third-order valence-corrected chi connectivity index (χ3v) is 12.6. The van der Waals surface area contributed by atoms with Crippen LogP contribution in [0.2, 0.25) is 0 Å². The van der Waals surface area contributed by atoms with E-state index in [0.29, 0.717) is 36.3 Å². The van der Waals surface area contributed by atoms with Crippen LogP contribution in [0.15, 0.2) is 24.3 Å². The number of carbonyl (C=O) groups excluding carboxylic acids is 4. The molecule has 3 amide bonds. The molecule has 0 aliphatic carbocycles. The number of amides is 3. The lowest BCUT2D eigenvalue weighted by molar-refractivity contribution is -0.151. The van der Waals surface area contributed by atoms with Crippen LogP contribution in [0, 0.1) is 20.2 Å². The van der Waals surface area contributed by atoms with Gasteiger partial charge in [-0.1, -0.05) is 26.0 Å². The maximum absolute atomic E-state index is 13.4. The van der Waals surface area contributed by atoms with E-state index in [-0.39, 0.29) is 12.3 Å². The zero-order valence-electron chi connectivity index (χ0n) is 19.5. The van der Waals surface area contributed by atoms with E-state index in [4.69, 9.17) is 9.47 Å². The summed E-state index contributed by atoms with van der Waals surface area (Å²) in [6.45, 7) is 5.46. The Balaban J connectivity index is 1.81. The number of esters is 1. The number of nitrogens with one attached hydrogen (secondary N) is 1. The molecule has 36 heavy (non-hydrogen) atoms. The number of hydrogen-bond donors (Lipinski definition) is 1. The molecule has 2 aromatic carbocycles. The molecule has 0 fully saturated rings. The number of halogens is 4. The molecule has 0 bridgehead atoms. The Bertz CT molecular complexity index is 1190. The first kappa shape index (κ1) is 29.8. The van der Waals surface area contributed by atoms with Gasteiger partial charge in [0.05, 0.1) is 23.4 Å². The molecule has 12 heteroatoms. The molecule has 0 unspecified atom stereocenters. The standard InChI is InChI=1S/C24H22I4N2O6/c1-4-35-14-8-6-5-7-12(14)29-15(31)10-36-24(34)13(9-11(2)3)30-22(32)16-17(23(30)33)19(26)21(28)20(27)18(16)25/h5-8,11,13H,4,9-10H2,1-3H3,(H,29,31)/t13-/m0/s1. The molecule has 1 heterocycles. The predicted molar refractivity (Wildman–Crippen MR) is 168 cm³/mol. The quantitative estimate of drug-likeness (QED) is 0.114. The van der Waals surface area contributed by atoms with Crippen molar-refractivity contribution in [1.82, 2.24) is 4.90 Å². The summed E-state index contributed by atoms with van der Waals surface area (Å²) < 4.78 is 13.9. The van der Waals surface area contributed by atoms with Crippen molar-refractivity contribution >= 4 is 120 Å². The second-order valence-corrected chi connectivity index (χ2v) is 12.5. The van der Waals surface area contributed by atoms with Gasteiger partial charge in [0.25, 0.3) is 17.7 Å². The largest absolute Gasteiger partial charge is 0.492 e. The number of benzene rings is 2. The topological polar surface area (TPSA) is 102 Å². The van der Waals surface area contributed by atoms with Gasteiger partial charge < -0.3 is 14.8 Å². The van der Waals surface area contributed by atoms with Crippen molar-refractivity contribution in [2.24, 2.45) is 5.92 Å². The monoisotopic (exact) mass is 942 g/mol. The zero-order chi connectivity index (χ0) is 26.7.